The Morgan fingerprint density at radius 1 is 1.16 bits per heavy atom. The summed E-state index contributed by atoms with van der Waals surface area (Å²) in [4.78, 5) is 4.27. The lowest BCUT2D eigenvalue weighted by molar-refractivity contribution is 0.00578. The molecular weight excluding hydrogens is 237 g/mol. The predicted molar refractivity (Wildman–Crippen MR) is 76.5 cm³/mol. The van der Waals surface area contributed by atoms with Gasteiger partial charge in [-0.1, -0.05) is 6.42 Å². The van der Waals surface area contributed by atoms with Gasteiger partial charge in [-0.25, -0.2) is 0 Å². The lowest BCUT2D eigenvalue weighted by Crippen LogP contribution is -2.41. The quantitative estimate of drug-likeness (QED) is 0.765. The number of rotatable bonds is 2. The summed E-state index contributed by atoms with van der Waals surface area (Å²) in [5, 5.41) is 0. The van der Waals surface area contributed by atoms with E-state index in [1.165, 1.54) is 24.8 Å². The molecule has 0 atom stereocenters. The van der Waals surface area contributed by atoms with E-state index >= 15 is 0 Å². The molecule has 0 unspecified atom stereocenters. The third-order valence-electron chi connectivity index (χ3n) is 4.94. The zero-order valence-corrected chi connectivity index (χ0v) is 12.3. The van der Waals surface area contributed by atoms with Gasteiger partial charge in [-0.05, 0) is 58.1 Å². The Kier molecular flexibility index (Phi) is 2.99. The molecule has 3 nitrogen and oxygen atoms in total. The molecule has 0 amide bonds. The summed E-state index contributed by atoms with van der Waals surface area (Å²) in [6.45, 7) is 8.36. The summed E-state index contributed by atoms with van der Waals surface area (Å²) < 4.78 is 12.3. The van der Waals surface area contributed by atoms with Crippen molar-refractivity contribution in [2.75, 3.05) is 0 Å². The fourth-order valence-corrected chi connectivity index (χ4v) is 2.68. The normalized spacial score (nSPS) is 25.4. The van der Waals surface area contributed by atoms with Crippen molar-refractivity contribution in [3.63, 3.8) is 0 Å². The van der Waals surface area contributed by atoms with Crippen LogP contribution in [0.5, 0.6) is 0 Å². The van der Waals surface area contributed by atoms with Gasteiger partial charge in [0, 0.05) is 17.9 Å². The number of hydrogen-bond donors (Lipinski definition) is 0. The molecule has 4 heteroatoms. The Hall–Kier alpha value is -0.865. The van der Waals surface area contributed by atoms with E-state index < -0.39 is 0 Å². The number of nitrogens with zero attached hydrogens (tertiary/aromatic N) is 1. The summed E-state index contributed by atoms with van der Waals surface area (Å²) >= 11 is 0. The summed E-state index contributed by atoms with van der Waals surface area (Å²) in [7, 11) is -0.283. The molecule has 0 spiro atoms. The molecule has 1 saturated heterocycles. The van der Waals surface area contributed by atoms with Crippen molar-refractivity contribution in [1.29, 1.82) is 0 Å². The molecule has 0 aromatic carbocycles. The Morgan fingerprint density at radius 3 is 2.32 bits per heavy atom. The average Bonchev–Trinajstić information content (AvgIpc) is 2.46. The van der Waals surface area contributed by atoms with Gasteiger partial charge < -0.3 is 9.31 Å². The van der Waals surface area contributed by atoms with Crippen molar-refractivity contribution in [2.24, 2.45) is 0 Å². The summed E-state index contributed by atoms with van der Waals surface area (Å²) in [6, 6.07) is 2.13. The van der Waals surface area contributed by atoms with Gasteiger partial charge in [0.1, 0.15) is 0 Å². The molecule has 0 N–H and O–H groups in total. The molecule has 1 aromatic heterocycles. The number of pyridine rings is 1. The Balaban J connectivity index is 1.91. The smallest absolute Gasteiger partial charge is 0.399 e. The van der Waals surface area contributed by atoms with Crippen LogP contribution in [0.3, 0.4) is 0 Å². The minimum Gasteiger partial charge on any atom is -0.399 e. The van der Waals surface area contributed by atoms with Crippen molar-refractivity contribution in [3.05, 3.63) is 24.0 Å². The molecule has 1 aliphatic heterocycles. The van der Waals surface area contributed by atoms with Crippen molar-refractivity contribution in [3.8, 4) is 0 Å². The lowest BCUT2D eigenvalue weighted by atomic mass is 9.69. The highest BCUT2D eigenvalue weighted by atomic mass is 16.7. The molecule has 3 rings (SSSR count). The van der Waals surface area contributed by atoms with Crippen LogP contribution in [0, 0.1) is 0 Å². The third kappa shape index (κ3) is 2.11. The molecule has 19 heavy (non-hydrogen) atoms. The van der Waals surface area contributed by atoms with Crippen molar-refractivity contribution < 1.29 is 9.31 Å². The second-order valence-corrected chi connectivity index (χ2v) is 6.72. The van der Waals surface area contributed by atoms with Crippen LogP contribution in [0.1, 0.15) is 58.4 Å². The average molecular weight is 259 g/mol. The van der Waals surface area contributed by atoms with E-state index in [0.717, 1.165) is 5.46 Å². The summed E-state index contributed by atoms with van der Waals surface area (Å²) in [5.74, 6) is 0.664. The van der Waals surface area contributed by atoms with Crippen molar-refractivity contribution in [1.82, 2.24) is 4.98 Å². The summed E-state index contributed by atoms with van der Waals surface area (Å²) in [5.41, 5.74) is 1.90. The molecule has 0 radical (unpaired) electrons. The Labute approximate surface area is 115 Å². The molecule has 2 aliphatic rings. The highest BCUT2D eigenvalue weighted by molar-refractivity contribution is 6.62. The first kappa shape index (κ1) is 13.1. The van der Waals surface area contributed by atoms with Crippen LogP contribution in [0.4, 0.5) is 0 Å². The second kappa shape index (κ2) is 4.32. The van der Waals surface area contributed by atoms with E-state index in [9.17, 15) is 0 Å². The number of aromatic nitrogens is 1. The van der Waals surface area contributed by atoms with Crippen LogP contribution < -0.4 is 5.46 Å². The van der Waals surface area contributed by atoms with Crippen LogP contribution in [0.2, 0.25) is 0 Å². The van der Waals surface area contributed by atoms with Crippen molar-refractivity contribution >= 4 is 12.6 Å². The topological polar surface area (TPSA) is 31.4 Å². The first-order valence-electron chi connectivity index (χ1n) is 7.20. The summed E-state index contributed by atoms with van der Waals surface area (Å²) in [6.07, 6.45) is 7.67. The Bertz CT molecular complexity index is 467. The lowest BCUT2D eigenvalue weighted by Gasteiger charge is -2.32. The molecule has 102 valence electrons. The molecule has 1 aromatic rings. The van der Waals surface area contributed by atoms with Gasteiger partial charge in [0.05, 0.1) is 11.2 Å². The first-order chi connectivity index (χ1) is 8.91. The molecular formula is C15H22BNO2. The standard InChI is InChI=1S/C15H22BNO2/c1-14(2)15(3,4)19-16(18-14)13-10-17-9-8-12(13)11-6-5-7-11/h8-11H,5-7H2,1-4H3. The number of hydrogen-bond acceptors (Lipinski definition) is 3. The maximum Gasteiger partial charge on any atom is 0.496 e. The minimum absolute atomic E-state index is 0.283. The maximum absolute atomic E-state index is 6.15. The van der Waals surface area contributed by atoms with Gasteiger partial charge in [-0.2, -0.15) is 0 Å². The molecule has 2 heterocycles. The molecule has 0 bridgehead atoms. The largest absolute Gasteiger partial charge is 0.496 e. The van der Waals surface area contributed by atoms with E-state index in [0.29, 0.717) is 5.92 Å². The van der Waals surface area contributed by atoms with Gasteiger partial charge in [-0.3, -0.25) is 4.98 Å². The molecule has 2 fully saturated rings. The first-order valence-corrected chi connectivity index (χ1v) is 7.20. The SMILES string of the molecule is CC1(C)OB(c2cnccc2C2CCC2)OC1(C)C. The zero-order valence-electron chi connectivity index (χ0n) is 12.3. The van der Waals surface area contributed by atoms with Gasteiger partial charge in [0.15, 0.2) is 0 Å². The van der Waals surface area contributed by atoms with E-state index in [4.69, 9.17) is 9.31 Å². The van der Waals surface area contributed by atoms with Gasteiger partial charge >= 0.3 is 7.12 Å². The zero-order chi connectivity index (χ0) is 13.7. The fourth-order valence-electron chi connectivity index (χ4n) is 2.68. The van der Waals surface area contributed by atoms with Gasteiger partial charge in [0.2, 0.25) is 0 Å². The van der Waals surface area contributed by atoms with Crippen LogP contribution >= 0.6 is 0 Å². The molecule has 1 saturated carbocycles. The van der Waals surface area contributed by atoms with Crippen LogP contribution in [0.15, 0.2) is 18.5 Å². The predicted octanol–water partition coefficient (Wildman–Crippen LogP) is 2.65. The van der Waals surface area contributed by atoms with E-state index in [1.807, 2.05) is 12.4 Å². The van der Waals surface area contributed by atoms with E-state index in [1.54, 1.807) is 0 Å². The van der Waals surface area contributed by atoms with Crippen LogP contribution in [-0.2, 0) is 9.31 Å². The van der Waals surface area contributed by atoms with E-state index in [-0.39, 0.29) is 18.3 Å². The second-order valence-electron chi connectivity index (χ2n) is 6.72. The molecule has 1 aliphatic carbocycles. The van der Waals surface area contributed by atoms with Gasteiger partial charge in [-0.15, -0.1) is 0 Å². The van der Waals surface area contributed by atoms with Crippen molar-refractivity contribution in [2.45, 2.75) is 64.1 Å². The van der Waals surface area contributed by atoms with E-state index in [2.05, 4.69) is 38.7 Å². The maximum atomic E-state index is 6.15. The van der Waals surface area contributed by atoms with Crippen LogP contribution in [-0.4, -0.2) is 23.3 Å². The van der Waals surface area contributed by atoms with Crippen LogP contribution in [0.25, 0.3) is 0 Å². The van der Waals surface area contributed by atoms with Gasteiger partial charge in [0.25, 0.3) is 0 Å². The minimum atomic E-state index is -0.287. The monoisotopic (exact) mass is 259 g/mol. The highest BCUT2D eigenvalue weighted by Gasteiger charge is 2.52. The highest BCUT2D eigenvalue weighted by Crippen LogP contribution is 2.39. The fraction of sp³-hybridized carbons (Fsp3) is 0.667. The Morgan fingerprint density at radius 2 is 1.79 bits per heavy atom. The third-order valence-corrected chi connectivity index (χ3v) is 4.94.